The van der Waals surface area contributed by atoms with E-state index >= 15 is 0 Å². The normalized spacial score (nSPS) is 19.4. The van der Waals surface area contributed by atoms with E-state index in [-0.39, 0.29) is 24.3 Å². The minimum Gasteiger partial charge on any atom is -0.354 e. The Morgan fingerprint density at radius 1 is 0.921 bits per heavy atom. The van der Waals surface area contributed by atoms with E-state index < -0.39 is 5.54 Å². The van der Waals surface area contributed by atoms with Crippen molar-refractivity contribution < 1.29 is 14.4 Å². The van der Waals surface area contributed by atoms with Gasteiger partial charge in [0.2, 0.25) is 11.8 Å². The molecule has 0 radical (unpaired) electrons. The standard InChI is InChI=1S/C31H40N4O3/c36-28(32-20-17-26-9-3-1-4-10-26)23-34-24-35(27-13-5-2-6-14-27)31(30(34)38)18-21-33(22-19-31)29(37)16-15-25-11-7-8-12-25/h1-6,9-10,13-14,25H,7-8,11-12,15-24H2,(H,32,36). The molecular formula is C31H40N4O3. The van der Waals surface area contributed by atoms with Gasteiger partial charge in [-0.25, -0.2) is 0 Å². The zero-order valence-corrected chi connectivity index (χ0v) is 22.3. The van der Waals surface area contributed by atoms with Crippen molar-refractivity contribution in [2.24, 2.45) is 5.92 Å². The Balaban J connectivity index is 1.21. The molecule has 5 rings (SSSR count). The molecule has 1 saturated carbocycles. The minimum absolute atomic E-state index is 0.00221. The minimum atomic E-state index is -0.714. The van der Waals surface area contributed by atoms with Crippen molar-refractivity contribution in [1.82, 2.24) is 15.1 Å². The fourth-order valence-electron chi connectivity index (χ4n) is 6.45. The van der Waals surface area contributed by atoms with Crippen LogP contribution in [0.15, 0.2) is 60.7 Å². The molecule has 0 atom stereocenters. The quantitative estimate of drug-likeness (QED) is 0.547. The molecule has 0 bridgehead atoms. The van der Waals surface area contributed by atoms with Crippen molar-refractivity contribution in [3.63, 3.8) is 0 Å². The van der Waals surface area contributed by atoms with Crippen molar-refractivity contribution in [3.05, 3.63) is 66.2 Å². The Kier molecular flexibility index (Phi) is 8.30. The third-order valence-corrected chi connectivity index (χ3v) is 8.68. The Morgan fingerprint density at radius 2 is 1.58 bits per heavy atom. The molecule has 2 aromatic rings. The Morgan fingerprint density at radius 3 is 2.26 bits per heavy atom. The molecule has 3 fully saturated rings. The van der Waals surface area contributed by atoms with E-state index in [2.05, 4.69) is 10.2 Å². The zero-order chi connectivity index (χ0) is 26.4. The van der Waals surface area contributed by atoms with Gasteiger partial charge in [-0.3, -0.25) is 14.4 Å². The van der Waals surface area contributed by atoms with E-state index in [9.17, 15) is 14.4 Å². The second-order valence-corrected chi connectivity index (χ2v) is 11.1. The SMILES string of the molecule is O=C(CN1CN(c2ccccc2)C2(CCN(C(=O)CCC3CCCC3)CC2)C1=O)NCCc1ccccc1. The van der Waals surface area contributed by atoms with Gasteiger partial charge in [-0.15, -0.1) is 0 Å². The van der Waals surface area contributed by atoms with Crippen LogP contribution in [0.3, 0.4) is 0 Å². The summed E-state index contributed by atoms with van der Waals surface area (Å²) in [5.74, 6) is 0.780. The van der Waals surface area contributed by atoms with Gasteiger partial charge >= 0.3 is 0 Å². The highest BCUT2D eigenvalue weighted by Gasteiger charge is 2.54. The van der Waals surface area contributed by atoms with Gasteiger partial charge in [0.15, 0.2) is 0 Å². The van der Waals surface area contributed by atoms with Gasteiger partial charge in [0, 0.05) is 31.7 Å². The highest BCUT2D eigenvalue weighted by molar-refractivity contribution is 5.96. The number of piperidine rings is 1. The summed E-state index contributed by atoms with van der Waals surface area (Å²) in [5.41, 5.74) is 1.44. The average molecular weight is 517 g/mol. The molecule has 38 heavy (non-hydrogen) atoms. The summed E-state index contributed by atoms with van der Waals surface area (Å²) in [6.45, 7) is 2.12. The summed E-state index contributed by atoms with van der Waals surface area (Å²) < 4.78 is 0. The molecule has 2 heterocycles. The van der Waals surface area contributed by atoms with Crippen LogP contribution in [0.5, 0.6) is 0 Å². The number of likely N-dealkylation sites (tertiary alicyclic amines) is 1. The van der Waals surface area contributed by atoms with Gasteiger partial charge < -0.3 is 20.0 Å². The van der Waals surface area contributed by atoms with Crippen LogP contribution in [-0.2, 0) is 20.8 Å². The molecule has 3 aliphatic rings. The first-order chi connectivity index (χ1) is 18.5. The van der Waals surface area contributed by atoms with E-state index in [1.54, 1.807) is 4.90 Å². The van der Waals surface area contributed by atoms with E-state index in [1.807, 2.05) is 65.6 Å². The fraction of sp³-hybridized carbons (Fsp3) is 0.516. The van der Waals surface area contributed by atoms with Gasteiger partial charge in [0.05, 0.1) is 6.67 Å². The van der Waals surface area contributed by atoms with Crippen LogP contribution in [0.4, 0.5) is 5.69 Å². The maximum atomic E-state index is 13.9. The Labute approximate surface area is 226 Å². The number of hydrogen-bond donors (Lipinski definition) is 1. The number of para-hydroxylation sites is 1. The van der Waals surface area contributed by atoms with Crippen LogP contribution in [0, 0.1) is 5.92 Å². The number of amides is 3. The maximum Gasteiger partial charge on any atom is 0.250 e. The average Bonchev–Trinajstić information content (AvgIpc) is 3.56. The fourth-order valence-corrected chi connectivity index (χ4v) is 6.45. The molecule has 7 heteroatoms. The van der Waals surface area contributed by atoms with Crippen molar-refractivity contribution in [2.45, 2.75) is 63.3 Å². The first kappa shape index (κ1) is 26.3. The van der Waals surface area contributed by atoms with Crippen molar-refractivity contribution in [2.75, 3.05) is 37.7 Å². The summed E-state index contributed by atoms with van der Waals surface area (Å²) in [5, 5.41) is 2.98. The van der Waals surface area contributed by atoms with Crippen LogP contribution < -0.4 is 10.2 Å². The monoisotopic (exact) mass is 516 g/mol. The number of rotatable bonds is 9. The highest BCUT2D eigenvalue weighted by Crippen LogP contribution is 2.39. The lowest BCUT2D eigenvalue weighted by atomic mass is 9.85. The lowest BCUT2D eigenvalue weighted by Crippen LogP contribution is -2.57. The predicted molar refractivity (Wildman–Crippen MR) is 148 cm³/mol. The topological polar surface area (TPSA) is 73.0 Å². The van der Waals surface area contributed by atoms with Crippen molar-refractivity contribution in [3.8, 4) is 0 Å². The molecule has 2 aromatic carbocycles. The largest absolute Gasteiger partial charge is 0.354 e. The molecule has 2 saturated heterocycles. The number of nitrogens with zero attached hydrogens (tertiary/aromatic N) is 3. The van der Waals surface area contributed by atoms with Crippen LogP contribution in [0.1, 0.15) is 56.9 Å². The number of carbonyl (C=O) groups is 3. The zero-order valence-electron chi connectivity index (χ0n) is 22.3. The maximum absolute atomic E-state index is 13.9. The van der Waals surface area contributed by atoms with Gasteiger partial charge in [-0.2, -0.15) is 0 Å². The van der Waals surface area contributed by atoms with Crippen molar-refractivity contribution in [1.29, 1.82) is 0 Å². The molecule has 3 amide bonds. The molecule has 0 unspecified atom stereocenters. The number of carbonyl (C=O) groups excluding carboxylic acids is 3. The number of nitrogens with one attached hydrogen (secondary N) is 1. The molecule has 2 aliphatic heterocycles. The van der Waals surface area contributed by atoms with E-state index in [1.165, 1.54) is 31.2 Å². The third kappa shape index (κ3) is 5.87. The lowest BCUT2D eigenvalue weighted by Gasteiger charge is -2.43. The Hall–Kier alpha value is -3.35. The summed E-state index contributed by atoms with van der Waals surface area (Å²) in [6, 6.07) is 20.0. The summed E-state index contributed by atoms with van der Waals surface area (Å²) in [4.78, 5) is 45.4. The molecule has 7 nitrogen and oxygen atoms in total. The Bertz CT molecular complexity index is 1090. The van der Waals surface area contributed by atoms with Gasteiger partial charge in [-0.1, -0.05) is 74.2 Å². The summed E-state index contributed by atoms with van der Waals surface area (Å²) in [7, 11) is 0. The molecule has 1 spiro atoms. The molecule has 1 aliphatic carbocycles. The second kappa shape index (κ2) is 12.0. The first-order valence-corrected chi connectivity index (χ1v) is 14.3. The highest BCUT2D eigenvalue weighted by atomic mass is 16.2. The number of hydrogen-bond acceptors (Lipinski definition) is 4. The van der Waals surface area contributed by atoms with Gasteiger partial charge in [0.1, 0.15) is 12.1 Å². The third-order valence-electron chi connectivity index (χ3n) is 8.68. The van der Waals surface area contributed by atoms with E-state index in [0.29, 0.717) is 51.5 Å². The number of benzene rings is 2. The molecule has 202 valence electrons. The van der Waals surface area contributed by atoms with E-state index in [0.717, 1.165) is 18.5 Å². The number of anilines is 1. The van der Waals surface area contributed by atoms with Crippen LogP contribution >= 0.6 is 0 Å². The summed E-state index contributed by atoms with van der Waals surface area (Å²) >= 11 is 0. The molecular weight excluding hydrogens is 476 g/mol. The second-order valence-electron chi connectivity index (χ2n) is 11.1. The van der Waals surface area contributed by atoms with Crippen LogP contribution in [0.2, 0.25) is 0 Å². The van der Waals surface area contributed by atoms with Crippen LogP contribution in [0.25, 0.3) is 0 Å². The molecule has 1 N–H and O–H groups in total. The smallest absolute Gasteiger partial charge is 0.250 e. The lowest BCUT2D eigenvalue weighted by molar-refractivity contribution is -0.140. The summed E-state index contributed by atoms with van der Waals surface area (Å²) in [6.07, 6.45) is 8.63. The van der Waals surface area contributed by atoms with Crippen molar-refractivity contribution >= 4 is 23.4 Å². The van der Waals surface area contributed by atoms with Crippen LogP contribution in [-0.4, -0.2) is 65.9 Å². The van der Waals surface area contributed by atoms with E-state index in [4.69, 9.17) is 0 Å². The van der Waals surface area contributed by atoms with Gasteiger partial charge in [0.25, 0.3) is 5.91 Å². The molecule has 0 aromatic heterocycles. The first-order valence-electron chi connectivity index (χ1n) is 14.3. The van der Waals surface area contributed by atoms with Gasteiger partial charge in [-0.05, 0) is 49.3 Å². The predicted octanol–water partition coefficient (Wildman–Crippen LogP) is 3.98.